The van der Waals surface area contributed by atoms with E-state index >= 15 is 0 Å². The van der Waals surface area contributed by atoms with Crippen molar-refractivity contribution >= 4 is 27.3 Å². The van der Waals surface area contributed by atoms with E-state index in [0.717, 1.165) is 29.7 Å². The molecule has 2 aromatic rings. The van der Waals surface area contributed by atoms with E-state index in [-0.39, 0.29) is 10.8 Å². The number of benzene rings is 2. The molecule has 2 aromatic carbocycles. The van der Waals surface area contributed by atoms with Gasteiger partial charge in [0, 0.05) is 18.7 Å². The normalized spacial score (nSPS) is 15.3. The Kier molecular flexibility index (Phi) is 4.81. The maximum absolute atomic E-state index is 12.6. The first-order valence-corrected chi connectivity index (χ1v) is 9.86. The van der Waals surface area contributed by atoms with Gasteiger partial charge in [0.2, 0.25) is 5.91 Å². The predicted octanol–water partition coefficient (Wildman–Crippen LogP) is 3.62. The third-order valence-corrected chi connectivity index (χ3v) is 5.75. The first-order valence-electron chi connectivity index (χ1n) is 8.37. The van der Waals surface area contributed by atoms with E-state index in [2.05, 4.69) is 4.72 Å². The maximum atomic E-state index is 12.6. The average Bonchev–Trinajstić information content (AvgIpc) is 2.57. The number of piperidine rings is 1. The topological polar surface area (TPSA) is 66.5 Å². The van der Waals surface area contributed by atoms with Crippen molar-refractivity contribution in [1.82, 2.24) is 0 Å². The summed E-state index contributed by atoms with van der Waals surface area (Å²) < 4.78 is 27.8. The van der Waals surface area contributed by atoms with Crippen LogP contribution in [-0.4, -0.2) is 20.9 Å². The number of nitrogens with zero attached hydrogens (tertiary/aromatic N) is 1. The Balaban J connectivity index is 1.91. The van der Waals surface area contributed by atoms with E-state index in [1.165, 1.54) is 0 Å². The number of anilines is 2. The van der Waals surface area contributed by atoms with E-state index in [9.17, 15) is 13.2 Å². The molecular formula is C19H22N2O3S. The lowest BCUT2D eigenvalue weighted by atomic mass is 10.1. The number of carbonyl (C=O) groups is 1. The number of aryl methyl sites for hydroxylation is 2. The summed E-state index contributed by atoms with van der Waals surface area (Å²) in [6.07, 6.45) is 2.41. The molecule has 0 aromatic heterocycles. The predicted molar refractivity (Wildman–Crippen MR) is 99.4 cm³/mol. The van der Waals surface area contributed by atoms with Crippen molar-refractivity contribution in [2.75, 3.05) is 16.2 Å². The van der Waals surface area contributed by atoms with Gasteiger partial charge in [0.1, 0.15) is 0 Å². The van der Waals surface area contributed by atoms with Crippen LogP contribution in [0.25, 0.3) is 0 Å². The summed E-state index contributed by atoms with van der Waals surface area (Å²) in [6.45, 7) is 4.45. The van der Waals surface area contributed by atoms with Crippen molar-refractivity contribution in [3.05, 3.63) is 53.6 Å². The number of nitrogens with one attached hydrogen (secondary N) is 1. The first kappa shape index (κ1) is 17.5. The minimum atomic E-state index is -3.66. The second-order valence-electron chi connectivity index (χ2n) is 6.43. The van der Waals surface area contributed by atoms with Crippen molar-refractivity contribution in [2.45, 2.75) is 38.0 Å². The summed E-state index contributed by atoms with van der Waals surface area (Å²) in [5.74, 6) is 0.0908. The second-order valence-corrected chi connectivity index (χ2v) is 8.11. The molecule has 1 fully saturated rings. The molecule has 0 spiro atoms. The van der Waals surface area contributed by atoms with Crippen molar-refractivity contribution in [1.29, 1.82) is 0 Å². The van der Waals surface area contributed by atoms with E-state index in [1.807, 2.05) is 26.0 Å². The zero-order chi connectivity index (χ0) is 18.0. The number of sulfonamides is 1. The summed E-state index contributed by atoms with van der Waals surface area (Å²) >= 11 is 0. The maximum Gasteiger partial charge on any atom is 0.261 e. The van der Waals surface area contributed by atoms with Crippen LogP contribution in [-0.2, 0) is 14.8 Å². The van der Waals surface area contributed by atoms with Gasteiger partial charge < -0.3 is 4.90 Å². The van der Waals surface area contributed by atoms with E-state index in [0.29, 0.717) is 18.7 Å². The third-order valence-electron chi connectivity index (χ3n) is 4.38. The summed E-state index contributed by atoms with van der Waals surface area (Å²) in [5, 5.41) is 0. The van der Waals surface area contributed by atoms with Crippen molar-refractivity contribution in [3.8, 4) is 0 Å². The molecule has 1 N–H and O–H groups in total. The van der Waals surface area contributed by atoms with Gasteiger partial charge in [0.05, 0.1) is 10.6 Å². The van der Waals surface area contributed by atoms with Crippen LogP contribution in [0.5, 0.6) is 0 Å². The third kappa shape index (κ3) is 3.85. The lowest BCUT2D eigenvalue weighted by Gasteiger charge is -2.28. The molecule has 5 nitrogen and oxygen atoms in total. The summed E-state index contributed by atoms with van der Waals surface area (Å²) in [4.78, 5) is 14.2. The van der Waals surface area contributed by atoms with E-state index in [1.54, 1.807) is 35.2 Å². The van der Waals surface area contributed by atoms with E-state index < -0.39 is 10.0 Å². The molecule has 0 aliphatic carbocycles. The molecule has 1 aliphatic heterocycles. The number of amides is 1. The van der Waals surface area contributed by atoms with Gasteiger partial charge in [-0.15, -0.1) is 0 Å². The molecule has 0 bridgehead atoms. The fourth-order valence-electron chi connectivity index (χ4n) is 3.02. The van der Waals surface area contributed by atoms with Crippen molar-refractivity contribution < 1.29 is 13.2 Å². The van der Waals surface area contributed by atoms with Crippen molar-refractivity contribution in [3.63, 3.8) is 0 Å². The summed E-state index contributed by atoms with van der Waals surface area (Å²) in [5.41, 5.74) is 3.06. The highest BCUT2D eigenvalue weighted by molar-refractivity contribution is 7.92. The van der Waals surface area contributed by atoms with Gasteiger partial charge in [-0.25, -0.2) is 8.42 Å². The molecule has 6 heteroatoms. The minimum absolute atomic E-state index is 0.0908. The van der Waals surface area contributed by atoms with Gasteiger partial charge in [-0.1, -0.05) is 18.2 Å². The Bertz CT molecular complexity index is 907. The zero-order valence-corrected chi connectivity index (χ0v) is 15.3. The molecule has 3 rings (SSSR count). The van der Waals surface area contributed by atoms with Crippen LogP contribution in [0.1, 0.15) is 30.4 Å². The molecule has 0 atom stereocenters. The van der Waals surface area contributed by atoms with Gasteiger partial charge >= 0.3 is 0 Å². The Morgan fingerprint density at radius 1 is 1.04 bits per heavy atom. The van der Waals surface area contributed by atoms with Crippen LogP contribution in [0.2, 0.25) is 0 Å². The molecule has 1 aliphatic rings. The highest BCUT2D eigenvalue weighted by atomic mass is 32.2. The first-order chi connectivity index (χ1) is 11.9. The molecule has 1 heterocycles. The monoisotopic (exact) mass is 358 g/mol. The highest BCUT2D eigenvalue weighted by Crippen LogP contribution is 2.29. The lowest BCUT2D eigenvalue weighted by Crippen LogP contribution is -2.35. The molecule has 0 unspecified atom stereocenters. The minimum Gasteiger partial charge on any atom is -0.312 e. The van der Waals surface area contributed by atoms with Crippen LogP contribution < -0.4 is 9.62 Å². The van der Waals surface area contributed by atoms with Gasteiger partial charge in [-0.05, 0) is 62.1 Å². The summed E-state index contributed by atoms with van der Waals surface area (Å²) in [6, 6.07) is 12.1. The molecule has 132 valence electrons. The smallest absolute Gasteiger partial charge is 0.261 e. The standard InChI is InChI=1S/C19H22N2O3S/c1-14-6-5-7-17(12-14)25(23,24)20-16-10-9-15(2)18(13-16)21-11-4-3-8-19(21)22/h5-7,9-10,12-13,20H,3-4,8,11H2,1-2H3. The Morgan fingerprint density at radius 3 is 2.56 bits per heavy atom. The van der Waals surface area contributed by atoms with Gasteiger partial charge in [-0.2, -0.15) is 0 Å². The van der Waals surface area contributed by atoms with Crippen LogP contribution in [0.15, 0.2) is 47.4 Å². The van der Waals surface area contributed by atoms with Crippen LogP contribution in [0, 0.1) is 13.8 Å². The van der Waals surface area contributed by atoms with Gasteiger partial charge in [0.15, 0.2) is 0 Å². The number of carbonyl (C=O) groups excluding carboxylic acids is 1. The number of rotatable bonds is 4. The largest absolute Gasteiger partial charge is 0.312 e. The summed E-state index contributed by atoms with van der Waals surface area (Å²) in [7, 11) is -3.66. The zero-order valence-electron chi connectivity index (χ0n) is 14.5. The number of hydrogen-bond donors (Lipinski definition) is 1. The molecular weight excluding hydrogens is 336 g/mol. The quantitative estimate of drug-likeness (QED) is 0.908. The molecule has 1 amide bonds. The van der Waals surface area contributed by atoms with E-state index in [4.69, 9.17) is 0 Å². The Hall–Kier alpha value is -2.34. The Morgan fingerprint density at radius 2 is 1.84 bits per heavy atom. The molecule has 0 saturated carbocycles. The second kappa shape index (κ2) is 6.88. The van der Waals surface area contributed by atoms with Crippen LogP contribution in [0.4, 0.5) is 11.4 Å². The lowest BCUT2D eigenvalue weighted by molar-refractivity contribution is -0.119. The SMILES string of the molecule is Cc1cccc(S(=O)(=O)Nc2ccc(C)c(N3CCCCC3=O)c2)c1. The Labute approximate surface area is 148 Å². The fourth-order valence-corrected chi connectivity index (χ4v) is 4.17. The average molecular weight is 358 g/mol. The molecule has 25 heavy (non-hydrogen) atoms. The van der Waals surface area contributed by atoms with Gasteiger partial charge in [-0.3, -0.25) is 9.52 Å². The molecule has 0 radical (unpaired) electrons. The molecule has 1 saturated heterocycles. The van der Waals surface area contributed by atoms with Crippen LogP contribution >= 0.6 is 0 Å². The number of hydrogen-bond acceptors (Lipinski definition) is 3. The highest BCUT2D eigenvalue weighted by Gasteiger charge is 2.22. The van der Waals surface area contributed by atoms with Crippen LogP contribution in [0.3, 0.4) is 0 Å². The van der Waals surface area contributed by atoms with Gasteiger partial charge in [0.25, 0.3) is 10.0 Å². The van der Waals surface area contributed by atoms with Crippen molar-refractivity contribution in [2.24, 2.45) is 0 Å². The fraction of sp³-hybridized carbons (Fsp3) is 0.316.